The molecule has 0 aliphatic heterocycles. The van der Waals surface area contributed by atoms with Crippen molar-refractivity contribution >= 4 is 32.3 Å². The van der Waals surface area contributed by atoms with Gasteiger partial charge in [0.1, 0.15) is 5.75 Å². The van der Waals surface area contributed by atoms with Gasteiger partial charge in [-0.1, -0.05) is 0 Å². The first-order valence-electron chi connectivity index (χ1n) is 6.91. The molecular formula is C17H14N2O2S. The van der Waals surface area contributed by atoms with Crippen LogP contribution in [-0.2, 0) is 0 Å². The van der Waals surface area contributed by atoms with E-state index >= 15 is 0 Å². The smallest absolute Gasteiger partial charge is 0.203 e. The lowest BCUT2D eigenvalue weighted by molar-refractivity contribution is 0.414. The van der Waals surface area contributed by atoms with Gasteiger partial charge in [0, 0.05) is 17.0 Å². The van der Waals surface area contributed by atoms with Crippen molar-refractivity contribution in [2.24, 2.45) is 0 Å². The monoisotopic (exact) mass is 310 g/mol. The number of aromatic hydroxyl groups is 1. The van der Waals surface area contributed by atoms with Crippen molar-refractivity contribution in [2.75, 3.05) is 7.11 Å². The largest absolute Gasteiger partial charge is 0.497 e. The molecule has 5 heteroatoms. The second-order valence-corrected chi connectivity index (χ2v) is 6.40. The maximum Gasteiger partial charge on any atom is 0.203 e. The highest BCUT2D eigenvalue weighted by Crippen LogP contribution is 2.34. The molecule has 0 atom stereocenters. The summed E-state index contributed by atoms with van der Waals surface area (Å²) < 4.78 is 8.15. The number of hydrogen-bond donors (Lipinski definition) is 1. The highest BCUT2D eigenvalue weighted by atomic mass is 32.1. The lowest BCUT2D eigenvalue weighted by atomic mass is 10.2. The van der Waals surface area contributed by atoms with Gasteiger partial charge in [0.2, 0.25) is 5.88 Å². The molecule has 0 aliphatic carbocycles. The topological polar surface area (TPSA) is 47.3 Å². The number of fused-ring (bicyclic) bond motifs is 2. The Kier molecular flexibility index (Phi) is 2.84. The number of nitrogens with zero attached hydrogens (tertiary/aromatic N) is 2. The minimum absolute atomic E-state index is 0.209. The second kappa shape index (κ2) is 4.74. The lowest BCUT2D eigenvalue weighted by Crippen LogP contribution is -1.90. The van der Waals surface area contributed by atoms with E-state index in [9.17, 15) is 5.11 Å². The van der Waals surface area contributed by atoms with E-state index in [1.165, 1.54) is 0 Å². The van der Waals surface area contributed by atoms with Crippen LogP contribution in [-0.4, -0.2) is 21.8 Å². The highest BCUT2D eigenvalue weighted by Gasteiger charge is 2.12. The van der Waals surface area contributed by atoms with Gasteiger partial charge in [-0.25, -0.2) is 4.98 Å². The average molecular weight is 310 g/mol. The van der Waals surface area contributed by atoms with Gasteiger partial charge >= 0.3 is 0 Å². The molecule has 4 aromatic rings. The summed E-state index contributed by atoms with van der Waals surface area (Å²) in [6, 6.07) is 11.7. The molecule has 0 aliphatic rings. The number of thiazole rings is 1. The second-order valence-electron chi connectivity index (χ2n) is 5.16. The van der Waals surface area contributed by atoms with E-state index in [4.69, 9.17) is 4.74 Å². The van der Waals surface area contributed by atoms with Crippen molar-refractivity contribution in [3.63, 3.8) is 0 Å². The molecule has 0 amide bonds. The summed E-state index contributed by atoms with van der Waals surface area (Å²) in [7, 11) is 1.62. The number of benzene rings is 2. The van der Waals surface area contributed by atoms with Crippen LogP contribution in [0, 0.1) is 6.92 Å². The highest BCUT2D eigenvalue weighted by molar-refractivity contribution is 7.18. The third-order valence-electron chi connectivity index (χ3n) is 3.75. The van der Waals surface area contributed by atoms with Gasteiger partial charge in [-0.05, 0) is 43.3 Å². The number of rotatable bonds is 2. The Bertz CT molecular complexity index is 1000. The van der Waals surface area contributed by atoms with Gasteiger partial charge in [-0.2, -0.15) is 0 Å². The van der Waals surface area contributed by atoms with E-state index in [1.54, 1.807) is 23.0 Å². The van der Waals surface area contributed by atoms with Crippen molar-refractivity contribution in [3.8, 4) is 17.3 Å². The molecule has 0 fully saturated rings. The summed E-state index contributed by atoms with van der Waals surface area (Å²) in [5.74, 6) is 0.936. The van der Waals surface area contributed by atoms with Gasteiger partial charge in [0.05, 0.1) is 28.0 Å². The molecule has 2 aromatic carbocycles. The third kappa shape index (κ3) is 1.94. The van der Waals surface area contributed by atoms with E-state index in [2.05, 4.69) is 4.98 Å². The van der Waals surface area contributed by atoms with Crippen LogP contribution >= 0.6 is 11.3 Å². The van der Waals surface area contributed by atoms with Crippen LogP contribution in [0.15, 0.2) is 42.6 Å². The van der Waals surface area contributed by atoms with E-state index in [1.807, 2.05) is 49.5 Å². The van der Waals surface area contributed by atoms with Gasteiger partial charge in [-0.3, -0.25) is 4.57 Å². The summed E-state index contributed by atoms with van der Waals surface area (Å²) in [5.41, 5.74) is 1.85. The summed E-state index contributed by atoms with van der Waals surface area (Å²) >= 11 is 1.67. The van der Waals surface area contributed by atoms with Crippen LogP contribution < -0.4 is 4.74 Å². The van der Waals surface area contributed by atoms with Crippen LogP contribution in [0.25, 0.3) is 26.7 Å². The normalized spacial score (nSPS) is 11.4. The van der Waals surface area contributed by atoms with Crippen LogP contribution in [0.4, 0.5) is 0 Å². The van der Waals surface area contributed by atoms with Crippen LogP contribution in [0.1, 0.15) is 5.01 Å². The average Bonchev–Trinajstić information content (AvgIpc) is 3.05. The molecular weight excluding hydrogens is 296 g/mol. The van der Waals surface area contributed by atoms with Gasteiger partial charge in [0.25, 0.3) is 0 Å². The van der Waals surface area contributed by atoms with Crippen molar-refractivity contribution in [3.05, 3.63) is 47.6 Å². The van der Waals surface area contributed by atoms with E-state index in [-0.39, 0.29) is 5.88 Å². The molecule has 0 saturated carbocycles. The number of ether oxygens (including phenoxy) is 1. The first-order valence-corrected chi connectivity index (χ1v) is 7.73. The summed E-state index contributed by atoms with van der Waals surface area (Å²) in [6.45, 7) is 2.00. The van der Waals surface area contributed by atoms with Gasteiger partial charge in [0.15, 0.2) is 0 Å². The Morgan fingerprint density at radius 2 is 2.05 bits per heavy atom. The number of methoxy groups -OCH3 is 1. The lowest BCUT2D eigenvalue weighted by Gasteiger charge is -2.04. The first kappa shape index (κ1) is 13.2. The zero-order valence-corrected chi connectivity index (χ0v) is 13.0. The van der Waals surface area contributed by atoms with Crippen LogP contribution in [0.2, 0.25) is 0 Å². The maximum absolute atomic E-state index is 10.5. The summed E-state index contributed by atoms with van der Waals surface area (Å²) in [6.07, 6.45) is 1.92. The molecule has 110 valence electrons. The minimum atomic E-state index is 0.209. The predicted octanol–water partition coefficient (Wildman–Crippen LogP) is 4.26. The summed E-state index contributed by atoms with van der Waals surface area (Å²) in [4.78, 5) is 4.51. The molecule has 2 aromatic heterocycles. The third-order valence-corrected chi connectivity index (χ3v) is 4.71. The molecule has 2 heterocycles. The molecule has 1 N–H and O–H groups in total. The SMILES string of the molecule is COc1ccc2cn(-c3ccc4sc(C)nc4c3)c(O)c2c1. The Morgan fingerprint density at radius 1 is 1.18 bits per heavy atom. The fourth-order valence-corrected chi connectivity index (χ4v) is 3.48. The molecule has 0 radical (unpaired) electrons. The molecule has 0 unspecified atom stereocenters. The Morgan fingerprint density at radius 3 is 2.86 bits per heavy atom. The first-order chi connectivity index (χ1) is 10.7. The maximum atomic E-state index is 10.5. The van der Waals surface area contributed by atoms with E-state index in [0.29, 0.717) is 0 Å². The van der Waals surface area contributed by atoms with E-state index in [0.717, 1.165) is 37.4 Å². The Balaban J connectivity index is 1.92. The molecule has 4 nitrogen and oxygen atoms in total. The Labute approximate surface area is 131 Å². The fraction of sp³-hybridized carbons (Fsp3) is 0.118. The quantitative estimate of drug-likeness (QED) is 0.601. The molecule has 0 saturated heterocycles. The molecule has 0 spiro atoms. The predicted molar refractivity (Wildman–Crippen MR) is 89.4 cm³/mol. The van der Waals surface area contributed by atoms with Crippen molar-refractivity contribution < 1.29 is 9.84 Å². The van der Waals surface area contributed by atoms with E-state index < -0.39 is 0 Å². The molecule has 4 rings (SSSR count). The number of aromatic nitrogens is 2. The van der Waals surface area contributed by atoms with Crippen LogP contribution in [0.3, 0.4) is 0 Å². The number of aryl methyl sites for hydroxylation is 1. The zero-order chi connectivity index (χ0) is 15.3. The van der Waals surface area contributed by atoms with Crippen molar-refractivity contribution in [1.82, 2.24) is 9.55 Å². The Hall–Kier alpha value is -2.53. The minimum Gasteiger partial charge on any atom is -0.497 e. The molecule has 22 heavy (non-hydrogen) atoms. The van der Waals surface area contributed by atoms with Crippen LogP contribution in [0.5, 0.6) is 11.6 Å². The molecule has 0 bridgehead atoms. The van der Waals surface area contributed by atoms with Crippen molar-refractivity contribution in [2.45, 2.75) is 6.92 Å². The standard InChI is InChI=1S/C17H14N2O2S/c1-10-18-15-7-12(4-6-16(15)22-10)19-9-11-3-5-13(21-2)8-14(11)17(19)20/h3-9,20H,1-2H3. The fourth-order valence-electron chi connectivity index (χ4n) is 2.68. The van der Waals surface area contributed by atoms with Crippen molar-refractivity contribution in [1.29, 1.82) is 0 Å². The van der Waals surface area contributed by atoms with Gasteiger partial charge in [-0.15, -0.1) is 11.3 Å². The van der Waals surface area contributed by atoms with Gasteiger partial charge < -0.3 is 9.84 Å². The number of hydrogen-bond acceptors (Lipinski definition) is 4. The summed E-state index contributed by atoms with van der Waals surface area (Å²) in [5, 5.41) is 13.3. The zero-order valence-electron chi connectivity index (χ0n) is 12.2.